The average Bonchev–Trinajstić information content (AvgIpc) is 2.80. The predicted octanol–water partition coefficient (Wildman–Crippen LogP) is 3.61. The molecule has 0 aliphatic rings. The molecule has 1 amide bonds. The number of carbonyl (C=O) groups excluding carboxylic acids is 1. The van der Waals surface area contributed by atoms with E-state index < -0.39 is 0 Å². The summed E-state index contributed by atoms with van der Waals surface area (Å²) >= 11 is 3.44. The van der Waals surface area contributed by atoms with Gasteiger partial charge in [-0.2, -0.15) is 5.26 Å². The zero-order valence-electron chi connectivity index (χ0n) is 14.6. The first-order valence-electron chi connectivity index (χ1n) is 7.66. The molecule has 0 fully saturated rings. The van der Waals surface area contributed by atoms with E-state index in [2.05, 4.69) is 27.3 Å². The fourth-order valence-corrected chi connectivity index (χ4v) is 2.89. The first-order chi connectivity index (χ1) is 11.8. The summed E-state index contributed by atoms with van der Waals surface area (Å²) in [5.74, 6) is 1.34. The van der Waals surface area contributed by atoms with Gasteiger partial charge in [0.25, 0.3) is 0 Å². The minimum atomic E-state index is -0.248. The molecule has 0 aliphatic carbocycles. The number of amides is 1. The highest BCUT2D eigenvalue weighted by Gasteiger charge is 2.18. The summed E-state index contributed by atoms with van der Waals surface area (Å²) in [7, 11) is 3.45. The number of methoxy groups -OCH3 is 1. The van der Waals surface area contributed by atoms with Crippen molar-refractivity contribution >= 4 is 27.7 Å². The predicted molar refractivity (Wildman–Crippen MR) is 98.6 cm³/mol. The van der Waals surface area contributed by atoms with Crippen molar-refractivity contribution in [3.63, 3.8) is 0 Å². The van der Waals surface area contributed by atoms with Gasteiger partial charge in [-0.05, 0) is 39.1 Å². The van der Waals surface area contributed by atoms with Gasteiger partial charge in [-0.1, -0.05) is 15.9 Å². The molecule has 0 atom stereocenters. The number of nitrogens with one attached hydrogen (secondary N) is 1. The van der Waals surface area contributed by atoms with Crippen LogP contribution >= 0.6 is 15.9 Å². The van der Waals surface area contributed by atoms with Gasteiger partial charge in [0.1, 0.15) is 23.1 Å². The molecule has 0 bridgehead atoms. The molecule has 0 saturated heterocycles. The first-order valence-corrected chi connectivity index (χ1v) is 8.46. The summed E-state index contributed by atoms with van der Waals surface area (Å²) in [6, 6.07) is 7.80. The van der Waals surface area contributed by atoms with Crippen molar-refractivity contribution < 1.29 is 13.9 Å². The standard InChI is InChI=1S/C18H20BrN3O3/c1-11-12(2)25-18(15(11)8-20)21-17(23)10-22(3)9-13-7-14(19)5-6-16(13)24-4/h5-7H,9-10H2,1-4H3,(H,21,23). The maximum Gasteiger partial charge on any atom is 0.240 e. The highest BCUT2D eigenvalue weighted by molar-refractivity contribution is 9.10. The smallest absolute Gasteiger partial charge is 0.240 e. The minimum Gasteiger partial charge on any atom is -0.496 e. The monoisotopic (exact) mass is 405 g/mol. The second kappa shape index (κ2) is 8.19. The maximum absolute atomic E-state index is 12.3. The van der Waals surface area contributed by atoms with Gasteiger partial charge in [-0.3, -0.25) is 15.0 Å². The Morgan fingerprint density at radius 3 is 2.80 bits per heavy atom. The van der Waals surface area contributed by atoms with Gasteiger partial charge < -0.3 is 9.15 Å². The Balaban J connectivity index is 2.03. The van der Waals surface area contributed by atoms with Crippen LogP contribution in [-0.4, -0.2) is 31.5 Å². The Morgan fingerprint density at radius 2 is 2.16 bits per heavy atom. The van der Waals surface area contributed by atoms with Crippen molar-refractivity contribution in [3.8, 4) is 11.8 Å². The topological polar surface area (TPSA) is 78.5 Å². The lowest BCUT2D eigenvalue weighted by Gasteiger charge is -2.18. The van der Waals surface area contributed by atoms with Crippen LogP contribution in [0.3, 0.4) is 0 Å². The van der Waals surface area contributed by atoms with E-state index in [0.29, 0.717) is 17.9 Å². The van der Waals surface area contributed by atoms with Gasteiger partial charge in [0.2, 0.25) is 11.8 Å². The number of likely N-dealkylation sites (N-methyl/N-ethyl adjacent to an activating group) is 1. The lowest BCUT2D eigenvalue weighted by molar-refractivity contribution is -0.117. The van der Waals surface area contributed by atoms with E-state index in [0.717, 1.165) is 21.3 Å². The van der Waals surface area contributed by atoms with Crippen LogP contribution in [0.15, 0.2) is 27.1 Å². The number of furan rings is 1. The van der Waals surface area contributed by atoms with E-state index in [4.69, 9.17) is 9.15 Å². The van der Waals surface area contributed by atoms with Gasteiger partial charge in [0.15, 0.2) is 0 Å². The number of hydrogen-bond acceptors (Lipinski definition) is 5. The number of rotatable bonds is 6. The highest BCUT2D eigenvalue weighted by Crippen LogP contribution is 2.26. The summed E-state index contributed by atoms with van der Waals surface area (Å²) in [5, 5.41) is 11.9. The molecule has 0 radical (unpaired) electrons. The van der Waals surface area contributed by atoms with Crippen LogP contribution in [0.1, 0.15) is 22.5 Å². The molecular weight excluding hydrogens is 386 g/mol. The molecule has 6 nitrogen and oxygen atoms in total. The number of halogens is 1. The third-order valence-electron chi connectivity index (χ3n) is 3.85. The van der Waals surface area contributed by atoms with E-state index in [1.807, 2.05) is 30.1 Å². The molecule has 1 heterocycles. The Bertz CT molecular complexity index is 824. The van der Waals surface area contributed by atoms with E-state index in [1.165, 1.54) is 0 Å². The molecule has 2 rings (SSSR count). The van der Waals surface area contributed by atoms with Crippen LogP contribution in [0.2, 0.25) is 0 Å². The molecule has 25 heavy (non-hydrogen) atoms. The molecule has 0 saturated carbocycles. The van der Waals surface area contributed by atoms with Crippen LogP contribution in [0.5, 0.6) is 5.75 Å². The van der Waals surface area contributed by atoms with Crippen LogP contribution in [0, 0.1) is 25.2 Å². The second-order valence-corrected chi connectivity index (χ2v) is 6.69. The van der Waals surface area contributed by atoms with Crippen LogP contribution < -0.4 is 10.1 Å². The van der Waals surface area contributed by atoms with Crippen molar-refractivity contribution in [2.75, 3.05) is 26.0 Å². The Kier molecular flexibility index (Phi) is 6.23. The van der Waals surface area contributed by atoms with Crippen LogP contribution in [0.4, 0.5) is 5.88 Å². The third-order valence-corrected chi connectivity index (χ3v) is 4.34. The zero-order chi connectivity index (χ0) is 18.6. The van der Waals surface area contributed by atoms with Crippen LogP contribution in [0.25, 0.3) is 0 Å². The van der Waals surface area contributed by atoms with Crippen molar-refractivity contribution in [2.45, 2.75) is 20.4 Å². The van der Waals surface area contributed by atoms with Gasteiger partial charge in [-0.25, -0.2) is 0 Å². The van der Waals surface area contributed by atoms with Crippen molar-refractivity contribution in [1.82, 2.24) is 4.90 Å². The van der Waals surface area contributed by atoms with Gasteiger partial charge in [0, 0.05) is 22.1 Å². The molecule has 132 valence electrons. The molecule has 1 N–H and O–H groups in total. The fourth-order valence-electron chi connectivity index (χ4n) is 2.48. The summed E-state index contributed by atoms with van der Waals surface area (Å²) < 4.78 is 11.8. The number of hydrogen-bond donors (Lipinski definition) is 1. The fraction of sp³-hybridized carbons (Fsp3) is 0.333. The maximum atomic E-state index is 12.3. The minimum absolute atomic E-state index is 0.152. The summed E-state index contributed by atoms with van der Waals surface area (Å²) in [6.45, 7) is 4.24. The molecule has 0 spiro atoms. The van der Waals surface area contributed by atoms with Gasteiger partial charge in [-0.15, -0.1) is 0 Å². The lowest BCUT2D eigenvalue weighted by atomic mass is 10.2. The van der Waals surface area contributed by atoms with E-state index >= 15 is 0 Å². The summed E-state index contributed by atoms with van der Waals surface area (Å²) in [4.78, 5) is 14.1. The Labute approximate surface area is 155 Å². The number of nitriles is 1. The number of aryl methyl sites for hydroxylation is 1. The van der Waals surface area contributed by atoms with Gasteiger partial charge >= 0.3 is 0 Å². The first kappa shape index (κ1) is 19.0. The van der Waals surface area contributed by atoms with E-state index in [9.17, 15) is 10.1 Å². The second-order valence-electron chi connectivity index (χ2n) is 5.78. The number of ether oxygens (including phenoxy) is 1. The summed E-state index contributed by atoms with van der Waals surface area (Å²) in [5.41, 5.74) is 2.07. The van der Waals surface area contributed by atoms with E-state index in [1.54, 1.807) is 21.0 Å². The molecule has 1 aromatic carbocycles. The van der Waals surface area contributed by atoms with Crippen molar-refractivity contribution in [2.24, 2.45) is 0 Å². The quantitative estimate of drug-likeness (QED) is 0.793. The lowest BCUT2D eigenvalue weighted by Crippen LogP contribution is -2.30. The number of nitrogens with zero attached hydrogens (tertiary/aromatic N) is 2. The van der Waals surface area contributed by atoms with Gasteiger partial charge in [0.05, 0.1) is 13.7 Å². The van der Waals surface area contributed by atoms with Crippen LogP contribution in [-0.2, 0) is 11.3 Å². The molecule has 7 heteroatoms. The molecular formula is C18H20BrN3O3. The highest BCUT2D eigenvalue weighted by atomic mass is 79.9. The van der Waals surface area contributed by atoms with Crippen molar-refractivity contribution in [1.29, 1.82) is 5.26 Å². The SMILES string of the molecule is COc1ccc(Br)cc1CN(C)CC(=O)Nc1oc(C)c(C)c1C#N. The number of anilines is 1. The molecule has 0 unspecified atom stereocenters. The largest absolute Gasteiger partial charge is 0.496 e. The Morgan fingerprint density at radius 1 is 1.44 bits per heavy atom. The average molecular weight is 406 g/mol. The number of benzene rings is 1. The molecule has 2 aromatic rings. The summed E-state index contributed by atoms with van der Waals surface area (Å²) in [6.07, 6.45) is 0. The molecule has 1 aromatic heterocycles. The Hall–Kier alpha value is -2.30. The molecule has 0 aliphatic heterocycles. The zero-order valence-corrected chi connectivity index (χ0v) is 16.2. The van der Waals surface area contributed by atoms with Crippen molar-refractivity contribution in [3.05, 3.63) is 45.1 Å². The number of carbonyl (C=O) groups is 1. The normalized spacial score (nSPS) is 10.6. The van der Waals surface area contributed by atoms with E-state index in [-0.39, 0.29) is 18.3 Å². The third kappa shape index (κ3) is 4.62.